The lowest BCUT2D eigenvalue weighted by molar-refractivity contribution is 0.449. The molecule has 0 saturated heterocycles. The number of hydrogen-bond donors (Lipinski definition) is 2. The molecule has 1 aromatic carbocycles. The minimum atomic E-state index is 0.353. The average molecular weight is 221 g/mol. The molecule has 0 spiro atoms. The number of hydrogen-bond acceptors (Lipinski definition) is 2. The van der Waals surface area contributed by atoms with Crippen molar-refractivity contribution >= 4 is 5.69 Å². The van der Waals surface area contributed by atoms with E-state index < -0.39 is 0 Å². The van der Waals surface area contributed by atoms with Gasteiger partial charge in [0, 0.05) is 5.69 Å². The summed E-state index contributed by atoms with van der Waals surface area (Å²) in [6.45, 7) is 8.48. The first-order valence-corrected chi connectivity index (χ1v) is 6.13. The van der Waals surface area contributed by atoms with Gasteiger partial charge in [-0.15, -0.1) is 0 Å². The van der Waals surface area contributed by atoms with E-state index in [4.69, 9.17) is 5.73 Å². The molecule has 0 aliphatic rings. The molecule has 1 rings (SSSR count). The van der Waals surface area contributed by atoms with E-state index in [1.807, 2.05) is 12.1 Å². The lowest BCUT2D eigenvalue weighted by Gasteiger charge is -2.18. The Morgan fingerprint density at radius 3 is 1.75 bits per heavy atom. The van der Waals surface area contributed by atoms with Gasteiger partial charge in [-0.3, -0.25) is 0 Å². The van der Waals surface area contributed by atoms with Gasteiger partial charge in [-0.1, -0.05) is 27.7 Å². The highest BCUT2D eigenvalue weighted by atomic mass is 16.3. The molecule has 0 aromatic heterocycles. The molecular weight excluding hydrogens is 198 g/mol. The molecule has 1 aromatic rings. The third-order valence-electron chi connectivity index (χ3n) is 3.48. The normalized spacial score (nSPS) is 14.8. The summed E-state index contributed by atoms with van der Waals surface area (Å²) < 4.78 is 0. The molecule has 0 radical (unpaired) electrons. The third-order valence-corrected chi connectivity index (χ3v) is 3.48. The maximum atomic E-state index is 10.3. The predicted octanol–water partition coefficient (Wildman–Crippen LogP) is 4.00. The molecule has 2 atom stereocenters. The Labute approximate surface area is 98.5 Å². The van der Waals surface area contributed by atoms with Crippen molar-refractivity contribution in [3.8, 4) is 5.75 Å². The number of nitrogen functional groups attached to an aromatic ring is 1. The number of rotatable bonds is 4. The maximum absolute atomic E-state index is 10.3. The molecule has 0 amide bonds. The van der Waals surface area contributed by atoms with E-state index in [0.29, 0.717) is 17.6 Å². The molecule has 2 nitrogen and oxygen atoms in total. The van der Waals surface area contributed by atoms with E-state index >= 15 is 0 Å². The smallest absolute Gasteiger partial charge is 0.122 e. The van der Waals surface area contributed by atoms with Crippen molar-refractivity contribution in [2.75, 3.05) is 5.73 Å². The van der Waals surface area contributed by atoms with Gasteiger partial charge >= 0.3 is 0 Å². The number of benzene rings is 1. The molecule has 0 heterocycles. The molecule has 0 fully saturated rings. The summed E-state index contributed by atoms with van der Waals surface area (Å²) in [5.74, 6) is 1.15. The number of anilines is 1. The summed E-state index contributed by atoms with van der Waals surface area (Å²) in [7, 11) is 0. The van der Waals surface area contributed by atoms with E-state index in [2.05, 4.69) is 27.7 Å². The van der Waals surface area contributed by atoms with Crippen LogP contribution in [0.25, 0.3) is 0 Å². The van der Waals surface area contributed by atoms with Crippen LogP contribution in [-0.4, -0.2) is 5.11 Å². The first kappa shape index (κ1) is 12.9. The summed E-state index contributed by atoms with van der Waals surface area (Å²) in [6.07, 6.45) is 2.02. The van der Waals surface area contributed by atoms with Crippen LogP contribution < -0.4 is 5.73 Å². The number of nitrogens with two attached hydrogens (primary N) is 1. The van der Waals surface area contributed by atoms with Crippen molar-refractivity contribution < 1.29 is 5.11 Å². The zero-order valence-electron chi connectivity index (χ0n) is 10.7. The van der Waals surface area contributed by atoms with Crippen molar-refractivity contribution in [1.29, 1.82) is 0 Å². The average Bonchev–Trinajstić information content (AvgIpc) is 2.29. The van der Waals surface area contributed by atoms with Gasteiger partial charge in [-0.25, -0.2) is 0 Å². The van der Waals surface area contributed by atoms with E-state index in [0.717, 1.165) is 29.7 Å². The van der Waals surface area contributed by atoms with Crippen molar-refractivity contribution in [1.82, 2.24) is 0 Å². The zero-order valence-corrected chi connectivity index (χ0v) is 10.7. The van der Waals surface area contributed by atoms with Gasteiger partial charge in [0.05, 0.1) is 0 Å². The largest absolute Gasteiger partial charge is 0.507 e. The monoisotopic (exact) mass is 221 g/mol. The highest BCUT2D eigenvalue weighted by Gasteiger charge is 2.16. The minimum Gasteiger partial charge on any atom is -0.507 e. The summed E-state index contributed by atoms with van der Waals surface area (Å²) in [5, 5.41) is 10.3. The fourth-order valence-corrected chi connectivity index (χ4v) is 1.90. The molecule has 0 aliphatic heterocycles. The quantitative estimate of drug-likeness (QED) is 0.596. The standard InChI is InChI=1S/C14H23NO/c1-5-9(3)12-7-11(15)8-13(14(12)16)10(4)6-2/h7-10,16H,5-6,15H2,1-4H3/t9-,10-/m0/s1. The number of phenolic OH excluding ortho intramolecular Hbond substituents is 1. The Hall–Kier alpha value is -1.18. The SMILES string of the molecule is CC[C@H](C)c1cc(N)cc([C@@H](C)CC)c1O. The Balaban J connectivity index is 3.25. The predicted molar refractivity (Wildman–Crippen MR) is 69.9 cm³/mol. The van der Waals surface area contributed by atoms with Crippen LogP contribution in [0.4, 0.5) is 5.69 Å². The Kier molecular flexibility index (Phi) is 4.22. The first-order chi connectivity index (χ1) is 7.51. The molecular formula is C14H23NO. The van der Waals surface area contributed by atoms with Crippen molar-refractivity contribution in [2.45, 2.75) is 52.4 Å². The van der Waals surface area contributed by atoms with Crippen LogP contribution in [0, 0.1) is 0 Å². The molecule has 2 heteroatoms. The summed E-state index contributed by atoms with van der Waals surface area (Å²) in [6, 6.07) is 3.80. The summed E-state index contributed by atoms with van der Waals surface area (Å²) >= 11 is 0. The second-order valence-electron chi connectivity index (χ2n) is 4.67. The van der Waals surface area contributed by atoms with Gasteiger partial charge in [0.15, 0.2) is 0 Å². The molecule has 0 saturated carbocycles. The van der Waals surface area contributed by atoms with Crippen LogP contribution in [0.1, 0.15) is 63.5 Å². The minimum absolute atomic E-state index is 0.353. The first-order valence-electron chi connectivity index (χ1n) is 6.13. The van der Waals surface area contributed by atoms with Crippen molar-refractivity contribution in [3.63, 3.8) is 0 Å². The van der Waals surface area contributed by atoms with Gasteiger partial charge in [-0.05, 0) is 47.9 Å². The second kappa shape index (κ2) is 5.24. The fraction of sp³-hybridized carbons (Fsp3) is 0.571. The molecule has 0 aliphatic carbocycles. The van der Waals surface area contributed by atoms with E-state index in [-0.39, 0.29) is 0 Å². The highest BCUT2D eigenvalue weighted by molar-refractivity contribution is 5.54. The van der Waals surface area contributed by atoms with E-state index in [9.17, 15) is 5.11 Å². The van der Waals surface area contributed by atoms with Crippen LogP contribution >= 0.6 is 0 Å². The molecule has 90 valence electrons. The molecule has 0 unspecified atom stereocenters. The van der Waals surface area contributed by atoms with Crippen LogP contribution in [0.3, 0.4) is 0 Å². The van der Waals surface area contributed by atoms with Gasteiger partial charge in [0.1, 0.15) is 5.75 Å². The van der Waals surface area contributed by atoms with Crippen molar-refractivity contribution in [3.05, 3.63) is 23.3 Å². The molecule has 16 heavy (non-hydrogen) atoms. The van der Waals surface area contributed by atoms with Gasteiger partial charge in [-0.2, -0.15) is 0 Å². The third kappa shape index (κ3) is 2.49. The maximum Gasteiger partial charge on any atom is 0.122 e. The molecule has 3 N–H and O–H groups in total. The zero-order chi connectivity index (χ0) is 12.3. The Morgan fingerprint density at radius 1 is 1.06 bits per heavy atom. The summed E-state index contributed by atoms with van der Waals surface area (Å²) in [4.78, 5) is 0. The second-order valence-corrected chi connectivity index (χ2v) is 4.67. The van der Waals surface area contributed by atoms with Crippen LogP contribution in [0.15, 0.2) is 12.1 Å². The van der Waals surface area contributed by atoms with Gasteiger partial charge < -0.3 is 10.8 Å². The van der Waals surface area contributed by atoms with Crippen LogP contribution in [0.5, 0.6) is 5.75 Å². The van der Waals surface area contributed by atoms with Crippen molar-refractivity contribution in [2.24, 2.45) is 0 Å². The highest BCUT2D eigenvalue weighted by Crippen LogP contribution is 2.37. The lowest BCUT2D eigenvalue weighted by Crippen LogP contribution is -2.01. The fourth-order valence-electron chi connectivity index (χ4n) is 1.90. The Morgan fingerprint density at radius 2 is 1.44 bits per heavy atom. The molecule has 0 bridgehead atoms. The Bertz CT molecular complexity index is 329. The lowest BCUT2D eigenvalue weighted by atomic mass is 9.89. The van der Waals surface area contributed by atoms with Gasteiger partial charge in [0.25, 0.3) is 0 Å². The van der Waals surface area contributed by atoms with Crippen LogP contribution in [-0.2, 0) is 0 Å². The van der Waals surface area contributed by atoms with Crippen LogP contribution in [0.2, 0.25) is 0 Å². The van der Waals surface area contributed by atoms with E-state index in [1.165, 1.54) is 0 Å². The van der Waals surface area contributed by atoms with E-state index in [1.54, 1.807) is 0 Å². The number of aromatic hydroxyl groups is 1. The number of phenols is 1. The van der Waals surface area contributed by atoms with Gasteiger partial charge in [0.2, 0.25) is 0 Å². The summed E-state index contributed by atoms with van der Waals surface area (Å²) in [5.41, 5.74) is 8.62. The topological polar surface area (TPSA) is 46.2 Å².